The van der Waals surface area contributed by atoms with Gasteiger partial charge in [0.05, 0.1) is 18.1 Å². The highest BCUT2D eigenvalue weighted by Crippen LogP contribution is 2.31. The number of hydrogen-bond donors (Lipinski definition) is 1. The molecule has 0 radical (unpaired) electrons. The normalized spacial score (nSPS) is 10.7. The van der Waals surface area contributed by atoms with Crippen LogP contribution in [0.1, 0.15) is 5.56 Å². The Labute approximate surface area is 115 Å². The maximum atomic E-state index is 10.7. The van der Waals surface area contributed by atoms with Gasteiger partial charge in [-0.3, -0.25) is 15.1 Å². The first-order valence-electron chi connectivity index (χ1n) is 5.76. The second kappa shape index (κ2) is 5.83. The van der Waals surface area contributed by atoms with Crippen LogP contribution >= 0.6 is 0 Å². The smallest absolute Gasteiger partial charge is 0.273 e. The van der Waals surface area contributed by atoms with Gasteiger partial charge in [0, 0.05) is 17.8 Å². The number of ether oxygens (including phenoxy) is 1. The minimum Gasteiger partial charge on any atom is -0.507 e. The third-order valence-corrected chi connectivity index (χ3v) is 2.65. The van der Waals surface area contributed by atoms with Crippen LogP contribution in [-0.2, 0) is 0 Å². The Morgan fingerprint density at radius 3 is 2.70 bits per heavy atom. The van der Waals surface area contributed by atoms with E-state index in [1.54, 1.807) is 24.3 Å². The van der Waals surface area contributed by atoms with Crippen molar-refractivity contribution in [2.24, 2.45) is 4.99 Å². The van der Waals surface area contributed by atoms with Crippen LogP contribution in [0.3, 0.4) is 0 Å². The third-order valence-electron chi connectivity index (χ3n) is 2.65. The lowest BCUT2D eigenvalue weighted by Crippen LogP contribution is -1.90. The van der Waals surface area contributed by atoms with Crippen LogP contribution in [0.4, 0.5) is 11.4 Å². The van der Waals surface area contributed by atoms with E-state index >= 15 is 0 Å². The molecule has 2 aromatic carbocycles. The van der Waals surface area contributed by atoms with E-state index in [0.717, 1.165) is 0 Å². The first kappa shape index (κ1) is 13.5. The van der Waals surface area contributed by atoms with E-state index in [2.05, 4.69) is 4.99 Å². The number of methoxy groups -OCH3 is 1. The molecule has 2 aromatic rings. The van der Waals surface area contributed by atoms with Gasteiger partial charge in [-0.05, 0) is 18.2 Å². The van der Waals surface area contributed by atoms with Crippen molar-refractivity contribution < 1.29 is 14.8 Å². The number of nitro benzene ring substituents is 1. The number of hydrogen-bond acceptors (Lipinski definition) is 5. The molecule has 6 heteroatoms. The van der Waals surface area contributed by atoms with Gasteiger partial charge in [0.1, 0.15) is 11.4 Å². The van der Waals surface area contributed by atoms with E-state index in [4.69, 9.17) is 4.74 Å². The van der Waals surface area contributed by atoms with Gasteiger partial charge >= 0.3 is 0 Å². The van der Waals surface area contributed by atoms with Crippen molar-refractivity contribution in [1.29, 1.82) is 0 Å². The van der Waals surface area contributed by atoms with E-state index in [1.807, 2.05) is 0 Å². The van der Waals surface area contributed by atoms with Gasteiger partial charge in [-0.15, -0.1) is 0 Å². The Kier molecular flexibility index (Phi) is 3.95. The summed E-state index contributed by atoms with van der Waals surface area (Å²) < 4.78 is 5.07. The molecule has 0 amide bonds. The van der Waals surface area contributed by atoms with Crippen molar-refractivity contribution >= 4 is 17.6 Å². The minimum absolute atomic E-state index is 0.0663. The molecule has 0 bridgehead atoms. The standard InChI is InChI=1S/C14H12N2O4/c1-20-14-8-11(16(18)19)6-7-12(14)15-9-10-4-2-3-5-13(10)17/h2-9,17H,1H3. The molecule has 0 aliphatic rings. The van der Waals surface area contributed by atoms with E-state index in [-0.39, 0.29) is 11.4 Å². The van der Waals surface area contributed by atoms with E-state index < -0.39 is 4.92 Å². The molecule has 0 atom stereocenters. The highest BCUT2D eigenvalue weighted by molar-refractivity contribution is 5.85. The molecule has 0 saturated carbocycles. The maximum absolute atomic E-state index is 10.7. The Morgan fingerprint density at radius 1 is 1.30 bits per heavy atom. The summed E-state index contributed by atoms with van der Waals surface area (Å²) in [4.78, 5) is 14.4. The molecular formula is C14H12N2O4. The second-order valence-electron chi connectivity index (χ2n) is 3.93. The molecule has 0 aromatic heterocycles. The number of aromatic hydroxyl groups is 1. The topological polar surface area (TPSA) is 85.0 Å². The largest absolute Gasteiger partial charge is 0.507 e. The maximum Gasteiger partial charge on any atom is 0.273 e. The molecule has 0 spiro atoms. The first-order chi connectivity index (χ1) is 9.61. The fourth-order valence-corrected chi connectivity index (χ4v) is 1.62. The number of non-ortho nitro benzene ring substituents is 1. The SMILES string of the molecule is COc1cc([N+](=O)[O-])ccc1N=Cc1ccccc1O. The van der Waals surface area contributed by atoms with Crippen LogP contribution in [0, 0.1) is 10.1 Å². The quantitative estimate of drug-likeness (QED) is 0.526. The molecule has 6 nitrogen and oxygen atoms in total. The summed E-state index contributed by atoms with van der Waals surface area (Å²) in [5, 5.41) is 20.3. The molecule has 102 valence electrons. The summed E-state index contributed by atoms with van der Waals surface area (Å²) in [6.07, 6.45) is 1.47. The van der Waals surface area contributed by atoms with Crippen molar-refractivity contribution in [3.05, 3.63) is 58.1 Å². The zero-order chi connectivity index (χ0) is 14.5. The van der Waals surface area contributed by atoms with E-state index in [0.29, 0.717) is 17.0 Å². The number of phenols is 1. The van der Waals surface area contributed by atoms with Gasteiger partial charge in [0.25, 0.3) is 5.69 Å². The molecule has 1 N–H and O–H groups in total. The molecule has 0 unspecified atom stereocenters. The monoisotopic (exact) mass is 272 g/mol. The lowest BCUT2D eigenvalue weighted by molar-refractivity contribution is -0.384. The van der Waals surface area contributed by atoms with Crippen molar-refractivity contribution in [1.82, 2.24) is 0 Å². The van der Waals surface area contributed by atoms with Gasteiger partial charge in [-0.25, -0.2) is 0 Å². The summed E-state index contributed by atoms with van der Waals surface area (Å²) in [6, 6.07) is 10.9. The van der Waals surface area contributed by atoms with Gasteiger partial charge in [-0.2, -0.15) is 0 Å². The van der Waals surface area contributed by atoms with Crippen molar-refractivity contribution in [2.75, 3.05) is 7.11 Å². The van der Waals surface area contributed by atoms with Crippen LogP contribution in [-0.4, -0.2) is 23.4 Å². The molecule has 0 heterocycles. The molecule has 0 saturated heterocycles. The highest BCUT2D eigenvalue weighted by atomic mass is 16.6. The number of phenolic OH excluding ortho intramolecular Hbond substituents is 1. The Balaban J connectivity index is 2.34. The number of para-hydroxylation sites is 1. The highest BCUT2D eigenvalue weighted by Gasteiger charge is 2.10. The summed E-state index contributed by atoms with van der Waals surface area (Å²) >= 11 is 0. The van der Waals surface area contributed by atoms with Gasteiger partial charge < -0.3 is 9.84 Å². The Bertz CT molecular complexity index is 668. The van der Waals surface area contributed by atoms with Crippen molar-refractivity contribution in [3.63, 3.8) is 0 Å². The summed E-state index contributed by atoms with van der Waals surface area (Å²) in [7, 11) is 1.41. The molecule has 0 aliphatic heterocycles. The zero-order valence-electron chi connectivity index (χ0n) is 10.7. The molecule has 2 rings (SSSR count). The van der Waals surface area contributed by atoms with Crippen molar-refractivity contribution in [2.45, 2.75) is 0 Å². The first-order valence-corrected chi connectivity index (χ1v) is 5.76. The van der Waals surface area contributed by atoms with Gasteiger partial charge in [0.2, 0.25) is 0 Å². The molecule has 20 heavy (non-hydrogen) atoms. The van der Waals surface area contributed by atoms with Crippen LogP contribution < -0.4 is 4.74 Å². The van der Waals surface area contributed by atoms with Crippen LogP contribution in [0.5, 0.6) is 11.5 Å². The predicted octanol–water partition coefficient (Wildman–Crippen LogP) is 3.06. The summed E-state index contributed by atoms with van der Waals surface area (Å²) in [5.41, 5.74) is 0.928. The second-order valence-corrected chi connectivity index (χ2v) is 3.93. The fourth-order valence-electron chi connectivity index (χ4n) is 1.62. The number of rotatable bonds is 4. The third kappa shape index (κ3) is 2.92. The lowest BCUT2D eigenvalue weighted by atomic mass is 10.2. The van der Waals surface area contributed by atoms with E-state index in [9.17, 15) is 15.2 Å². The van der Waals surface area contributed by atoms with Crippen LogP contribution in [0.15, 0.2) is 47.5 Å². The van der Waals surface area contributed by atoms with Gasteiger partial charge in [-0.1, -0.05) is 12.1 Å². The summed E-state index contributed by atoms with van der Waals surface area (Å²) in [6.45, 7) is 0. The molecular weight excluding hydrogens is 260 g/mol. The average molecular weight is 272 g/mol. The Hall–Kier alpha value is -2.89. The molecule has 0 fully saturated rings. The summed E-state index contributed by atoms with van der Waals surface area (Å²) in [5.74, 6) is 0.406. The van der Waals surface area contributed by atoms with Crippen LogP contribution in [0.2, 0.25) is 0 Å². The number of aliphatic imine (C=N–C) groups is 1. The van der Waals surface area contributed by atoms with Gasteiger partial charge in [0.15, 0.2) is 5.75 Å². The number of benzene rings is 2. The zero-order valence-corrected chi connectivity index (χ0v) is 10.7. The van der Waals surface area contributed by atoms with Crippen molar-refractivity contribution in [3.8, 4) is 11.5 Å². The minimum atomic E-state index is -0.501. The number of nitrogens with zero attached hydrogens (tertiary/aromatic N) is 2. The fraction of sp³-hybridized carbons (Fsp3) is 0.0714. The predicted molar refractivity (Wildman–Crippen MR) is 75.0 cm³/mol. The van der Waals surface area contributed by atoms with E-state index in [1.165, 1.54) is 31.5 Å². The average Bonchev–Trinajstić information content (AvgIpc) is 2.46. The number of nitro groups is 1. The lowest BCUT2D eigenvalue weighted by Gasteiger charge is -2.04. The molecule has 0 aliphatic carbocycles. The Morgan fingerprint density at radius 2 is 2.05 bits per heavy atom. The van der Waals surface area contributed by atoms with Crippen LogP contribution in [0.25, 0.3) is 0 Å².